The number of carbonyl (C=O) groups is 1. The Bertz CT molecular complexity index is 790. The third-order valence-electron chi connectivity index (χ3n) is 3.39. The molecule has 0 unspecified atom stereocenters. The Morgan fingerprint density at radius 3 is 2.60 bits per heavy atom. The zero-order valence-corrected chi connectivity index (χ0v) is 15.7. The van der Waals surface area contributed by atoms with E-state index >= 15 is 0 Å². The quantitative estimate of drug-likeness (QED) is 0.614. The van der Waals surface area contributed by atoms with Crippen LogP contribution in [0.4, 0.5) is 0 Å². The first-order valence-corrected chi connectivity index (χ1v) is 9.98. The number of sulfonamides is 1. The Balaban J connectivity index is 2.17. The number of esters is 1. The molecule has 0 bridgehead atoms. The van der Waals surface area contributed by atoms with Crippen LogP contribution in [0, 0.1) is 0 Å². The second-order valence-electron chi connectivity index (χ2n) is 5.19. The second kappa shape index (κ2) is 9.04. The highest BCUT2D eigenvalue weighted by molar-refractivity contribution is 7.88. The van der Waals surface area contributed by atoms with Crippen molar-refractivity contribution < 1.29 is 22.7 Å². The van der Waals surface area contributed by atoms with Gasteiger partial charge < -0.3 is 9.47 Å². The van der Waals surface area contributed by atoms with Crippen LogP contribution in [0.25, 0.3) is 0 Å². The third kappa shape index (κ3) is 5.60. The van der Waals surface area contributed by atoms with Gasteiger partial charge >= 0.3 is 5.97 Å². The average molecular weight is 384 g/mol. The van der Waals surface area contributed by atoms with Crippen LogP contribution >= 0.6 is 11.3 Å². The number of hydrogen-bond donors (Lipinski definition) is 0. The van der Waals surface area contributed by atoms with Crippen molar-refractivity contribution in [2.75, 3.05) is 27.4 Å². The summed E-state index contributed by atoms with van der Waals surface area (Å²) in [6, 6.07) is 8.97. The van der Waals surface area contributed by atoms with Crippen molar-refractivity contribution in [1.29, 1.82) is 0 Å². The molecule has 0 N–H and O–H groups in total. The van der Waals surface area contributed by atoms with Crippen molar-refractivity contribution >= 4 is 27.3 Å². The van der Waals surface area contributed by atoms with E-state index in [9.17, 15) is 13.2 Å². The van der Waals surface area contributed by atoms with E-state index in [1.54, 1.807) is 29.6 Å². The van der Waals surface area contributed by atoms with Gasteiger partial charge in [0.2, 0.25) is 10.0 Å². The fraction of sp³-hybridized carbons (Fsp3) is 0.375. The molecule has 136 valence electrons. The standard InChI is InChI=1S/C16H20N2O5S2/c1-22-9-8-18(10-15-17-14(11-24-15)16(19)23-2)25(20,21)12-13-6-4-3-5-7-13/h3-7,11H,8-10,12H2,1-2H3. The third-order valence-corrected chi connectivity index (χ3v) is 6.02. The van der Waals surface area contributed by atoms with E-state index < -0.39 is 16.0 Å². The minimum Gasteiger partial charge on any atom is -0.464 e. The van der Waals surface area contributed by atoms with Crippen LogP contribution in [0.2, 0.25) is 0 Å². The van der Waals surface area contributed by atoms with E-state index in [1.807, 2.05) is 6.07 Å². The first-order chi connectivity index (χ1) is 12.0. The molecule has 9 heteroatoms. The summed E-state index contributed by atoms with van der Waals surface area (Å²) in [5.74, 6) is -0.648. The van der Waals surface area contributed by atoms with Crippen LogP contribution < -0.4 is 0 Å². The number of ether oxygens (including phenoxy) is 2. The molecule has 0 fully saturated rings. The van der Waals surface area contributed by atoms with E-state index in [0.29, 0.717) is 10.6 Å². The highest BCUT2D eigenvalue weighted by Gasteiger charge is 2.24. The molecule has 2 aromatic rings. The minimum atomic E-state index is -3.56. The maximum absolute atomic E-state index is 12.8. The molecule has 2 rings (SSSR count). The van der Waals surface area contributed by atoms with E-state index in [0.717, 1.165) is 0 Å². The first-order valence-electron chi connectivity index (χ1n) is 7.49. The first kappa shape index (κ1) is 19.5. The minimum absolute atomic E-state index is 0.0835. The lowest BCUT2D eigenvalue weighted by Gasteiger charge is -2.21. The summed E-state index contributed by atoms with van der Waals surface area (Å²) in [5, 5.41) is 2.08. The normalized spacial score (nSPS) is 11.6. The summed E-state index contributed by atoms with van der Waals surface area (Å²) in [5.41, 5.74) is 0.883. The molecule has 0 aliphatic rings. The van der Waals surface area contributed by atoms with Crippen LogP contribution in [-0.2, 0) is 31.8 Å². The lowest BCUT2D eigenvalue weighted by atomic mass is 10.2. The predicted octanol–water partition coefficient (Wildman–Crippen LogP) is 1.91. The smallest absolute Gasteiger partial charge is 0.357 e. The number of rotatable bonds is 9. The van der Waals surface area contributed by atoms with Crippen LogP contribution in [0.3, 0.4) is 0 Å². The molecule has 1 heterocycles. The summed E-state index contributed by atoms with van der Waals surface area (Å²) in [6.45, 7) is 0.558. The van der Waals surface area contributed by atoms with Crippen LogP contribution in [-0.4, -0.2) is 51.0 Å². The molecule has 0 saturated carbocycles. The topological polar surface area (TPSA) is 85.8 Å². The number of thiazole rings is 1. The molecule has 7 nitrogen and oxygen atoms in total. The van der Waals surface area contributed by atoms with Gasteiger partial charge in [0.05, 0.1) is 26.0 Å². The number of hydrogen-bond acceptors (Lipinski definition) is 7. The van der Waals surface area contributed by atoms with Gasteiger partial charge in [-0.15, -0.1) is 11.3 Å². The monoisotopic (exact) mass is 384 g/mol. The molecule has 0 saturated heterocycles. The van der Waals surface area contributed by atoms with Gasteiger partial charge in [0.25, 0.3) is 0 Å². The van der Waals surface area contributed by atoms with E-state index in [4.69, 9.17) is 4.74 Å². The number of methoxy groups -OCH3 is 2. The van der Waals surface area contributed by atoms with Crippen molar-refractivity contribution in [3.05, 3.63) is 52.0 Å². The van der Waals surface area contributed by atoms with Gasteiger partial charge in [-0.2, -0.15) is 4.31 Å². The van der Waals surface area contributed by atoms with Gasteiger partial charge in [-0.05, 0) is 5.56 Å². The number of benzene rings is 1. The summed E-state index contributed by atoms with van der Waals surface area (Å²) in [7, 11) is -0.770. The van der Waals surface area contributed by atoms with Crippen LogP contribution in [0.1, 0.15) is 21.1 Å². The fourth-order valence-corrected chi connectivity index (χ4v) is 4.45. The maximum atomic E-state index is 12.8. The zero-order valence-electron chi connectivity index (χ0n) is 14.0. The molecule has 0 aliphatic heterocycles. The van der Waals surface area contributed by atoms with Crippen molar-refractivity contribution in [3.63, 3.8) is 0 Å². The molecule has 0 atom stereocenters. The van der Waals surface area contributed by atoms with Crippen molar-refractivity contribution in [2.24, 2.45) is 0 Å². The lowest BCUT2D eigenvalue weighted by molar-refractivity contribution is 0.0594. The Morgan fingerprint density at radius 1 is 1.24 bits per heavy atom. The van der Waals surface area contributed by atoms with Crippen molar-refractivity contribution in [3.8, 4) is 0 Å². The van der Waals surface area contributed by atoms with Crippen molar-refractivity contribution in [2.45, 2.75) is 12.3 Å². The van der Waals surface area contributed by atoms with E-state index in [1.165, 1.54) is 29.9 Å². The maximum Gasteiger partial charge on any atom is 0.357 e. The largest absolute Gasteiger partial charge is 0.464 e. The van der Waals surface area contributed by atoms with Crippen molar-refractivity contribution in [1.82, 2.24) is 9.29 Å². The average Bonchev–Trinajstić information content (AvgIpc) is 3.07. The summed E-state index contributed by atoms with van der Waals surface area (Å²) in [6.07, 6.45) is 0. The molecule has 0 radical (unpaired) electrons. The SMILES string of the molecule is COCCN(Cc1nc(C(=O)OC)cs1)S(=O)(=O)Cc1ccccc1. The van der Waals surface area contributed by atoms with Crippen LogP contribution in [0.5, 0.6) is 0 Å². The summed E-state index contributed by atoms with van der Waals surface area (Å²) in [4.78, 5) is 15.6. The zero-order chi connectivity index (χ0) is 18.3. The Labute approximate surface area is 151 Å². The molecule has 0 aliphatic carbocycles. The van der Waals surface area contributed by atoms with E-state index in [2.05, 4.69) is 9.72 Å². The van der Waals surface area contributed by atoms with Crippen LogP contribution in [0.15, 0.2) is 35.7 Å². The van der Waals surface area contributed by atoms with Gasteiger partial charge in [-0.25, -0.2) is 18.2 Å². The molecular weight excluding hydrogens is 364 g/mol. The van der Waals surface area contributed by atoms with Gasteiger partial charge in [-0.1, -0.05) is 30.3 Å². The second-order valence-corrected chi connectivity index (χ2v) is 8.10. The molecule has 0 amide bonds. The van der Waals surface area contributed by atoms with Gasteiger partial charge in [-0.3, -0.25) is 0 Å². The Kier molecular flexibility index (Phi) is 7.06. The number of carbonyl (C=O) groups excluding carboxylic acids is 1. The molecule has 1 aromatic carbocycles. The molecule has 0 spiro atoms. The van der Waals surface area contributed by atoms with Gasteiger partial charge in [0.15, 0.2) is 5.69 Å². The number of nitrogens with zero attached hydrogens (tertiary/aromatic N) is 2. The molecule has 1 aromatic heterocycles. The predicted molar refractivity (Wildman–Crippen MR) is 94.8 cm³/mol. The Hall–Kier alpha value is -1.81. The fourth-order valence-electron chi connectivity index (χ4n) is 2.12. The van der Waals surface area contributed by atoms with Gasteiger partial charge in [0.1, 0.15) is 5.01 Å². The highest BCUT2D eigenvalue weighted by atomic mass is 32.2. The molecule has 25 heavy (non-hydrogen) atoms. The summed E-state index contributed by atoms with van der Waals surface area (Å²) >= 11 is 1.22. The Morgan fingerprint density at radius 2 is 1.96 bits per heavy atom. The van der Waals surface area contributed by atoms with Gasteiger partial charge in [0, 0.05) is 19.0 Å². The summed E-state index contributed by atoms with van der Waals surface area (Å²) < 4.78 is 36.5. The molecular formula is C16H20N2O5S2. The highest BCUT2D eigenvalue weighted by Crippen LogP contribution is 2.18. The van der Waals surface area contributed by atoms with E-state index in [-0.39, 0.29) is 31.1 Å². The lowest BCUT2D eigenvalue weighted by Crippen LogP contribution is -2.34. The number of aromatic nitrogens is 1.